The summed E-state index contributed by atoms with van der Waals surface area (Å²) in [5.41, 5.74) is 1.08. The highest BCUT2D eigenvalue weighted by atomic mass is 16.3. The maximum absolute atomic E-state index is 12.6. The van der Waals surface area contributed by atoms with Gasteiger partial charge in [-0.2, -0.15) is 5.26 Å². The molecule has 0 aliphatic carbocycles. The van der Waals surface area contributed by atoms with Crippen molar-refractivity contribution in [3.05, 3.63) is 98.2 Å². The van der Waals surface area contributed by atoms with Gasteiger partial charge >= 0.3 is 0 Å². The zero-order chi connectivity index (χ0) is 26.1. The van der Waals surface area contributed by atoms with Crippen LogP contribution in [0, 0.1) is 24.8 Å². The summed E-state index contributed by atoms with van der Waals surface area (Å²) < 4.78 is 1.16. The number of carbonyl (C=O) groups is 2. The zero-order valence-electron chi connectivity index (χ0n) is 20.1. The van der Waals surface area contributed by atoms with Crippen LogP contribution < -0.4 is 5.56 Å². The van der Waals surface area contributed by atoms with E-state index in [9.17, 15) is 24.8 Å². The summed E-state index contributed by atoms with van der Waals surface area (Å²) in [4.78, 5) is 41.6. The fourth-order valence-electron chi connectivity index (χ4n) is 3.52. The number of aromatic nitrogens is 1. The molecule has 1 aliphatic rings. The van der Waals surface area contributed by atoms with Gasteiger partial charge in [-0.25, -0.2) is 4.85 Å². The number of hydrogen-bond donors (Lipinski definition) is 1. The molecule has 2 rings (SSSR count). The van der Waals surface area contributed by atoms with Gasteiger partial charge in [0.05, 0.1) is 6.57 Å². The largest absolute Gasteiger partial charge is 0.503 e. The Morgan fingerprint density at radius 1 is 0.971 bits per heavy atom. The predicted octanol–water partition coefficient (Wildman–Crippen LogP) is 4.27. The molecule has 2 heterocycles. The first-order valence-electron chi connectivity index (χ1n) is 10.9. The molecule has 0 fully saturated rings. The average molecular weight is 471 g/mol. The van der Waals surface area contributed by atoms with Crippen molar-refractivity contribution in [2.24, 2.45) is 0 Å². The van der Waals surface area contributed by atoms with Gasteiger partial charge in [-0.15, -0.1) is 0 Å². The van der Waals surface area contributed by atoms with Gasteiger partial charge < -0.3 is 5.11 Å². The van der Waals surface area contributed by atoms with Crippen LogP contribution in [0.5, 0.6) is 5.88 Å². The fourth-order valence-corrected chi connectivity index (χ4v) is 3.52. The number of likely N-dealkylation sites (N-methyl/N-ethyl adjacent to an activating group) is 1. The highest BCUT2D eigenvalue weighted by molar-refractivity contribution is 6.18. The summed E-state index contributed by atoms with van der Waals surface area (Å²) >= 11 is 0. The van der Waals surface area contributed by atoms with Crippen LogP contribution in [-0.4, -0.2) is 32.9 Å². The molecule has 8 nitrogen and oxygen atoms in total. The maximum Gasteiger partial charge on any atom is 0.271 e. The van der Waals surface area contributed by atoms with Gasteiger partial charge in [-0.1, -0.05) is 48.6 Å². The molecule has 178 valence electrons. The second kappa shape index (κ2) is 12.0. The minimum Gasteiger partial charge on any atom is -0.503 e. The molecule has 2 amide bonds. The molecule has 0 bridgehead atoms. The Hall–Kier alpha value is -4.69. The molecular formula is C27H26N4O4. The smallest absolute Gasteiger partial charge is 0.271 e. The Morgan fingerprint density at radius 2 is 1.57 bits per heavy atom. The van der Waals surface area contributed by atoms with E-state index >= 15 is 0 Å². The van der Waals surface area contributed by atoms with Gasteiger partial charge in [-0.05, 0) is 44.9 Å². The Bertz CT molecular complexity index is 1370. The molecule has 0 unspecified atom stereocenters. The molecule has 0 aromatic carbocycles. The fraction of sp³-hybridized carbons (Fsp3) is 0.222. The highest BCUT2D eigenvalue weighted by Gasteiger charge is 2.33. The number of pyridine rings is 1. The number of carbonyl (C=O) groups excluding carboxylic acids is 2. The minimum absolute atomic E-state index is 0.0329. The van der Waals surface area contributed by atoms with Crippen molar-refractivity contribution in [3.63, 3.8) is 0 Å². The van der Waals surface area contributed by atoms with Crippen molar-refractivity contribution in [1.29, 1.82) is 5.26 Å². The average Bonchev–Trinajstić information content (AvgIpc) is 2.82. The molecule has 0 saturated heterocycles. The molecule has 0 atom stereocenters. The quantitative estimate of drug-likeness (QED) is 0.277. The second-order valence-corrected chi connectivity index (χ2v) is 7.43. The number of hydrogen-bond acceptors (Lipinski definition) is 5. The molecule has 0 spiro atoms. The lowest BCUT2D eigenvalue weighted by Gasteiger charge is -2.25. The van der Waals surface area contributed by atoms with Crippen LogP contribution in [0.2, 0.25) is 0 Å². The van der Waals surface area contributed by atoms with Gasteiger partial charge in [0.1, 0.15) is 11.6 Å². The lowest BCUT2D eigenvalue weighted by atomic mass is 9.95. The van der Waals surface area contributed by atoms with Crippen LogP contribution in [0.25, 0.3) is 10.9 Å². The predicted molar refractivity (Wildman–Crippen MR) is 134 cm³/mol. The van der Waals surface area contributed by atoms with Crippen molar-refractivity contribution in [1.82, 2.24) is 9.47 Å². The van der Waals surface area contributed by atoms with Gasteiger partial charge in [0, 0.05) is 24.2 Å². The van der Waals surface area contributed by atoms with E-state index in [0.29, 0.717) is 22.3 Å². The third kappa shape index (κ3) is 5.45. The molecule has 1 N–H and O–H groups in total. The number of rotatable bonds is 7. The van der Waals surface area contributed by atoms with Crippen molar-refractivity contribution in [2.45, 2.75) is 34.2 Å². The Balaban J connectivity index is 2.15. The molecule has 8 heteroatoms. The van der Waals surface area contributed by atoms with E-state index in [1.165, 1.54) is 0 Å². The Morgan fingerprint density at radius 3 is 2.11 bits per heavy atom. The first-order chi connectivity index (χ1) is 16.7. The number of imide groups is 1. The van der Waals surface area contributed by atoms with Gasteiger partial charge in [-0.3, -0.25) is 23.9 Å². The number of allylic oxidation sites excluding steroid dienone is 8. The summed E-state index contributed by atoms with van der Waals surface area (Å²) in [5, 5.41) is 19.4. The monoisotopic (exact) mass is 470 g/mol. The molecular weight excluding hydrogens is 444 g/mol. The normalized spacial score (nSPS) is 15.9. The van der Waals surface area contributed by atoms with Crippen LogP contribution >= 0.6 is 0 Å². The second-order valence-electron chi connectivity index (χ2n) is 7.43. The number of nitriles is 1. The lowest BCUT2D eigenvalue weighted by molar-refractivity contribution is -0.140. The summed E-state index contributed by atoms with van der Waals surface area (Å²) in [6.45, 7) is 14.3. The SMILES string of the molecule is [C-]#[N+]c1c(C)c(C=CC=CC=CC=CC=C2C(=O)N(CC)C(=O)C(C#N)=C2C)c(=O)n(CC)c1O. The summed E-state index contributed by atoms with van der Waals surface area (Å²) in [6, 6.07) is 1.88. The van der Waals surface area contributed by atoms with Crippen LogP contribution in [0.1, 0.15) is 31.9 Å². The molecule has 1 aliphatic heterocycles. The minimum atomic E-state index is -0.571. The lowest BCUT2D eigenvalue weighted by Crippen LogP contribution is -2.42. The van der Waals surface area contributed by atoms with E-state index in [1.54, 1.807) is 82.4 Å². The van der Waals surface area contributed by atoms with Crippen molar-refractivity contribution in [3.8, 4) is 11.9 Å². The van der Waals surface area contributed by atoms with E-state index in [2.05, 4.69) is 4.85 Å². The standard InChI is InChI=1S/C27H26N4O4/c1-6-30-24(32)20(18(3)22(17-28)26(30)34)15-13-11-9-8-10-12-14-16-21-19(4)23(29-5)27(35)31(7-2)25(21)33/h8-16,35H,6-7H2,1-4H3. The Kier molecular flexibility index (Phi) is 9.08. The first-order valence-corrected chi connectivity index (χ1v) is 10.9. The topological polar surface area (TPSA) is 108 Å². The number of aromatic hydroxyl groups is 1. The number of nitrogens with zero attached hydrogens (tertiary/aromatic N) is 4. The molecule has 0 radical (unpaired) electrons. The van der Waals surface area contributed by atoms with Crippen LogP contribution in [0.3, 0.4) is 0 Å². The summed E-state index contributed by atoms with van der Waals surface area (Å²) in [6.07, 6.45) is 15.1. The number of amides is 2. The van der Waals surface area contributed by atoms with Gasteiger partial charge in [0.25, 0.3) is 17.4 Å². The van der Waals surface area contributed by atoms with Gasteiger partial charge in [0.15, 0.2) is 5.88 Å². The third-order valence-corrected chi connectivity index (χ3v) is 5.46. The Labute approximate surface area is 204 Å². The van der Waals surface area contributed by atoms with Crippen LogP contribution in [-0.2, 0) is 16.1 Å². The van der Waals surface area contributed by atoms with E-state index in [0.717, 1.165) is 9.47 Å². The summed E-state index contributed by atoms with van der Waals surface area (Å²) in [5.74, 6) is -1.32. The van der Waals surface area contributed by atoms with E-state index in [1.807, 2.05) is 6.07 Å². The maximum atomic E-state index is 12.6. The van der Waals surface area contributed by atoms with Crippen molar-refractivity contribution < 1.29 is 14.7 Å². The van der Waals surface area contributed by atoms with Crippen LogP contribution in [0.4, 0.5) is 5.69 Å². The van der Waals surface area contributed by atoms with Gasteiger partial charge in [0.2, 0.25) is 5.69 Å². The zero-order valence-corrected chi connectivity index (χ0v) is 20.1. The van der Waals surface area contributed by atoms with E-state index in [4.69, 9.17) is 6.57 Å². The van der Waals surface area contributed by atoms with Crippen molar-refractivity contribution >= 4 is 23.6 Å². The molecule has 35 heavy (non-hydrogen) atoms. The van der Waals surface area contributed by atoms with E-state index < -0.39 is 11.8 Å². The van der Waals surface area contributed by atoms with Crippen molar-refractivity contribution in [2.75, 3.05) is 6.54 Å². The molecule has 0 saturated carbocycles. The van der Waals surface area contributed by atoms with E-state index in [-0.39, 0.29) is 35.8 Å². The molecule has 1 aromatic rings. The first kappa shape index (κ1) is 26.6. The highest BCUT2D eigenvalue weighted by Crippen LogP contribution is 2.31. The third-order valence-electron chi connectivity index (χ3n) is 5.46. The summed E-state index contributed by atoms with van der Waals surface area (Å²) in [7, 11) is 0. The van der Waals surface area contributed by atoms with Crippen LogP contribution in [0.15, 0.2) is 70.1 Å². The molecule has 1 aromatic heterocycles.